The fourth-order valence-corrected chi connectivity index (χ4v) is 16.2. The van der Waals surface area contributed by atoms with Gasteiger partial charge in [0.2, 0.25) is 0 Å². The fraction of sp³-hybridized carbons (Fsp3) is 0.133. The van der Waals surface area contributed by atoms with Crippen LogP contribution in [0.2, 0.25) is 0 Å². The number of anilines is 6. The van der Waals surface area contributed by atoms with Crippen LogP contribution in [-0.4, -0.2) is 15.8 Å². The molecule has 0 N–H and O–H groups in total. The summed E-state index contributed by atoms with van der Waals surface area (Å²) in [6.45, 7) is 20.9. The Kier molecular flexibility index (Phi) is 12.5. The Morgan fingerprint density at radius 2 is 0.705 bits per heavy atom. The van der Waals surface area contributed by atoms with E-state index in [1.807, 2.05) is 0 Å². The quantitative estimate of drug-likeness (QED) is 0.122. The summed E-state index contributed by atoms with van der Waals surface area (Å²) in [4.78, 5) is 5.30. The normalized spacial score (nSPS) is 13.3. The van der Waals surface area contributed by atoms with Gasteiger partial charge in [0.25, 0.3) is 6.71 Å². The molecule has 4 heterocycles. The molecule has 2 aliphatic heterocycles. The molecule has 0 aliphatic carbocycles. The van der Waals surface area contributed by atoms with Crippen LogP contribution in [0, 0.1) is 0 Å². The van der Waals surface area contributed by atoms with Gasteiger partial charge in [-0.2, -0.15) is 0 Å². The third kappa shape index (κ3) is 8.67. The van der Waals surface area contributed by atoms with Gasteiger partial charge in [-0.25, -0.2) is 0 Å². The van der Waals surface area contributed by atoms with Crippen LogP contribution in [0.25, 0.3) is 110 Å². The van der Waals surface area contributed by atoms with Crippen LogP contribution in [0.1, 0.15) is 79.0 Å². The van der Waals surface area contributed by atoms with E-state index in [2.05, 4.69) is 360 Å². The lowest BCUT2D eigenvalue weighted by molar-refractivity contribution is 0.590. The van der Waals surface area contributed by atoms with Gasteiger partial charge in [-0.1, -0.05) is 269 Å². The molecule has 0 saturated carbocycles. The molecule has 16 aromatic rings. The number of fused-ring (bicyclic) bond motifs is 17. The van der Waals surface area contributed by atoms with E-state index >= 15 is 0 Å². The van der Waals surface area contributed by atoms with E-state index in [4.69, 9.17) is 0 Å². The van der Waals surface area contributed by atoms with Crippen molar-refractivity contribution in [1.82, 2.24) is 9.13 Å². The molecule has 18 rings (SSSR count). The lowest BCUT2D eigenvalue weighted by atomic mass is 9.33. The molecule has 0 spiro atoms. The lowest BCUT2D eigenvalue weighted by Gasteiger charge is -2.46. The molecule has 0 unspecified atom stereocenters. The SMILES string of the molecule is CC(C)(C)c1cc2c3c(c1)N(c1ccccc1-c1ccccc1)c1cc(-n4c5ccc(C(C)(C)C)cc5c5c6ccccc6c6ccccc6c54)ccc1B3c1ccc(-n3c4ccc(C(C)(C)C)cc4c4ccc5ccccc5c43)cc1N2c1ccccc1-c1ccccc1. The van der Waals surface area contributed by atoms with E-state index in [0.29, 0.717) is 0 Å². The summed E-state index contributed by atoms with van der Waals surface area (Å²) in [5, 5.41) is 12.6. The van der Waals surface area contributed by atoms with Crippen molar-refractivity contribution in [3.05, 3.63) is 296 Å². The summed E-state index contributed by atoms with van der Waals surface area (Å²) in [6, 6.07) is 106. The van der Waals surface area contributed by atoms with Crippen LogP contribution in [-0.2, 0) is 16.2 Å². The first-order valence-corrected chi connectivity index (χ1v) is 33.8. The molecule has 0 radical (unpaired) electrons. The van der Waals surface area contributed by atoms with Crippen molar-refractivity contribution in [1.29, 1.82) is 0 Å². The van der Waals surface area contributed by atoms with Gasteiger partial charge in [-0.3, -0.25) is 0 Å². The predicted octanol–water partition coefficient (Wildman–Crippen LogP) is 22.6. The number of rotatable bonds is 6. The minimum Gasteiger partial charge on any atom is -0.311 e. The van der Waals surface area contributed by atoms with Crippen molar-refractivity contribution in [3.63, 3.8) is 0 Å². The second-order valence-electron chi connectivity index (χ2n) is 29.7. The minimum absolute atomic E-state index is 0.0325. The Morgan fingerprint density at radius 1 is 0.274 bits per heavy atom. The highest BCUT2D eigenvalue weighted by Crippen LogP contribution is 2.52. The van der Waals surface area contributed by atoms with Crippen molar-refractivity contribution in [3.8, 4) is 33.6 Å². The highest BCUT2D eigenvalue weighted by atomic mass is 15.2. The van der Waals surface area contributed by atoms with Crippen LogP contribution in [0.15, 0.2) is 279 Å². The highest BCUT2D eigenvalue weighted by molar-refractivity contribution is 7.00. The Bertz CT molecular complexity index is 5870. The first-order valence-electron chi connectivity index (χ1n) is 33.8. The zero-order valence-corrected chi connectivity index (χ0v) is 55.4. The molecule has 14 aromatic carbocycles. The summed E-state index contributed by atoms with van der Waals surface area (Å²) in [5.74, 6) is 0. The van der Waals surface area contributed by atoms with E-state index in [1.54, 1.807) is 0 Å². The number of aromatic nitrogens is 2. The topological polar surface area (TPSA) is 16.3 Å². The third-order valence-electron chi connectivity index (χ3n) is 20.9. The number of para-hydroxylation sites is 2. The zero-order chi connectivity index (χ0) is 64.4. The molecule has 0 saturated heterocycles. The summed E-state index contributed by atoms with van der Waals surface area (Å²) >= 11 is 0. The first kappa shape index (κ1) is 56.8. The molecule has 456 valence electrons. The Morgan fingerprint density at radius 3 is 1.25 bits per heavy atom. The van der Waals surface area contributed by atoms with Crippen molar-refractivity contribution in [2.75, 3.05) is 9.80 Å². The summed E-state index contributed by atoms with van der Waals surface area (Å²) in [6.07, 6.45) is 0. The van der Waals surface area contributed by atoms with Gasteiger partial charge in [0, 0.05) is 77.6 Å². The largest absolute Gasteiger partial charge is 0.311 e. The fourth-order valence-electron chi connectivity index (χ4n) is 16.2. The van der Waals surface area contributed by atoms with Crippen LogP contribution < -0.4 is 26.2 Å². The van der Waals surface area contributed by atoms with Crippen molar-refractivity contribution in [2.24, 2.45) is 0 Å². The summed E-state index contributed by atoms with van der Waals surface area (Å²) in [7, 11) is 0. The van der Waals surface area contributed by atoms with E-state index in [0.717, 1.165) is 34.1 Å². The number of hydrogen-bond donors (Lipinski definition) is 0. The second kappa shape index (κ2) is 20.8. The molecule has 0 atom stereocenters. The third-order valence-corrected chi connectivity index (χ3v) is 20.9. The van der Waals surface area contributed by atoms with Gasteiger partial charge in [-0.15, -0.1) is 0 Å². The van der Waals surface area contributed by atoms with Crippen molar-refractivity contribution in [2.45, 2.75) is 78.6 Å². The van der Waals surface area contributed by atoms with Gasteiger partial charge in [0.05, 0.1) is 33.4 Å². The molecule has 0 bridgehead atoms. The highest BCUT2D eigenvalue weighted by Gasteiger charge is 2.45. The molecule has 0 amide bonds. The maximum absolute atomic E-state index is 2.65. The molecule has 0 fully saturated rings. The molecule has 95 heavy (non-hydrogen) atoms. The number of hydrogen-bond acceptors (Lipinski definition) is 2. The average Bonchev–Trinajstić information content (AvgIpc) is 1.46. The van der Waals surface area contributed by atoms with Gasteiger partial charge < -0.3 is 18.9 Å². The summed E-state index contributed by atoms with van der Waals surface area (Å²) < 4.78 is 5.17. The van der Waals surface area contributed by atoms with Crippen LogP contribution in [0.3, 0.4) is 0 Å². The molecule has 4 nitrogen and oxygen atoms in total. The Labute approximate surface area is 556 Å². The zero-order valence-electron chi connectivity index (χ0n) is 55.4. The smallest absolute Gasteiger partial charge is 0.252 e. The number of benzene rings is 14. The molecule has 2 aromatic heterocycles. The van der Waals surface area contributed by atoms with Crippen LogP contribution in [0.5, 0.6) is 0 Å². The maximum Gasteiger partial charge on any atom is 0.252 e. The average molecular weight is 1220 g/mol. The van der Waals surface area contributed by atoms with E-state index in [9.17, 15) is 0 Å². The van der Waals surface area contributed by atoms with Gasteiger partial charge in [0.15, 0.2) is 0 Å². The maximum atomic E-state index is 2.65. The summed E-state index contributed by atoms with van der Waals surface area (Å²) in [5.41, 5.74) is 26.0. The van der Waals surface area contributed by atoms with Gasteiger partial charge in [0.1, 0.15) is 0 Å². The lowest BCUT2D eigenvalue weighted by Crippen LogP contribution is -2.61. The predicted molar refractivity (Wildman–Crippen MR) is 409 cm³/mol. The molecular formula is C90H73BN4. The van der Waals surface area contributed by atoms with E-state index < -0.39 is 0 Å². The molecule has 2 aliphatic rings. The molecule has 5 heteroatoms. The minimum atomic E-state index is -0.255. The molecular weight excluding hydrogens is 1150 g/mol. The Balaban J connectivity index is 0.980. The standard InChI is InChI=1S/C90H73BN4/c1-88(2,3)59-41-48-78-72(50-59)71-45-40-58-30-16-17-33-66(58)86(71)92(78)62-43-46-74-80(54-62)94(76-38-24-22-31-64(76)56-26-12-10-13-27-56)82-52-61(90(7,8)9)53-83-85(82)91(74)75-47-44-63(55-81(75)95(83)77-39-25-23-32-65(77)57-28-14-11-15-29-57)93-79-49-42-60(89(4,5)6)51-73(79)84-69-36-20-18-34-67(69)68-35-19-21-37-70(68)87(84)93/h10-55H,1-9H3. The second-order valence-corrected chi connectivity index (χ2v) is 29.7. The van der Waals surface area contributed by atoms with Gasteiger partial charge >= 0.3 is 0 Å². The van der Waals surface area contributed by atoms with Crippen molar-refractivity contribution < 1.29 is 0 Å². The van der Waals surface area contributed by atoms with Gasteiger partial charge in [-0.05, 0) is 155 Å². The van der Waals surface area contributed by atoms with Crippen LogP contribution in [0.4, 0.5) is 34.1 Å². The first-order chi connectivity index (χ1) is 46.1. The van der Waals surface area contributed by atoms with E-state index in [1.165, 1.54) is 143 Å². The van der Waals surface area contributed by atoms with Crippen molar-refractivity contribution >= 4 is 133 Å². The monoisotopic (exact) mass is 1220 g/mol. The Hall–Kier alpha value is -10.9. The van der Waals surface area contributed by atoms with E-state index in [-0.39, 0.29) is 23.0 Å². The van der Waals surface area contributed by atoms with Crippen LogP contribution >= 0.6 is 0 Å². The number of nitrogens with zero attached hydrogens (tertiary/aromatic N) is 4.